The molecule has 1 heterocycles. The molecule has 2 aromatic rings. The number of carbonyl (C=O) groups is 1. The number of nitrogens with one attached hydrogen (secondary N) is 1. The van der Waals surface area contributed by atoms with Gasteiger partial charge in [0.25, 0.3) is 5.91 Å². The molecule has 0 unspecified atom stereocenters. The molecule has 2 rings (SSSR count). The lowest BCUT2D eigenvalue weighted by molar-refractivity contribution is 0.102. The largest absolute Gasteiger partial charge is 0.322 e. The van der Waals surface area contributed by atoms with E-state index in [0.717, 1.165) is 16.8 Å². The second-order valence-electron chi connectivity index (χ2n) is 4.23. The fourth-order valence-corrected chi connectivity index (χ4v) is 1.73. The molecular weight excluding hydrogens is 250 g/mol. The van der Waals surface area contributed by atoms with Crippen LogP contribution >= 0.6 is 0 Å². The molecule has 0 saturated heterocycles. The molecule has 0 aliphatic heterocycles. The highest BCUT2D eigenvalue weighted by Crippen LogP contribution is 2.17. The summed E-state index contributed by atoms with van der Waals surface area (Å²) in [4.78, 5) is 15.9. The van der Waals surface area contributed by atoms with E-state index in [4.69, 9.17) is 5.73 Å². The monoisotopic (exact) mass is 265 g/mol. The van der Waals surface area contributed by atoms with Crippen molar-refractivity contribution in [3.05, 3.63) is 59.4 Å². The smallest absolute Gasteiger partial charge is 0.255 e. The fraction of sp³-hybridized carbons (Fsp3) is 0.125. The summed E-state index contributed by atoms with van der Waals surface area (Å²) in [6.45, 7) is 2.26. The first kappa shape index (κ1) is 13.8. The quantitative estimate of drug-likeness (QED) is 0.815. The van der Waals surface area contributed by atoms with Crippen molar-refractivity contribution in [1.29, 1.82) is 0 Å². The maximum absolute atomic E-state index is 12.0. The maximum Gasteiger partial charge on any atom is 0.255 e. The maximum atomic E-state index is 12.0. The molecule has 0 bridgehead atoms. The van der Waals surface area contributed by atoms with Crippen molar-refractivity contribution in [2.24, 2.45) is 5.73 Å². The van der Waals surface area contributed by atoms with Crippen LogP contribution in [0.1, 0.15) is 21.5 Å². The molecule has 4 heteroatoms. The molecule has 0 atom stereocenters. The molecule has 0 aliphatic carbocycles. The average Bonchev–Trinajstić information content (AvgIpc) is 2.48. The number of aryl methyl sites for hydroxylation is 1. The van der Waals surface area contributed by atoms with Crippen LogP contribution in [-0.2, 0) is 0 Å². The summed E-state index contributed by atoms with van der Waals surface area (Å²) in [6.07, 6.45) is 3.18. The van der Waals surface area contributed by atoms with Crippen LogP contribution in [0.5, 0.6) is 0 Å². The molecule has 0 spiro atoms. The van der Waals surface area contributed by atoms with E-state index in [-0.39, 0.29) is 5.91 Å². The van der Waals surface area contributed by atoms with Crippen molar-refractivity contribution in [3.63, 3.8) is 0 Å². The minimum atomic E-state index is -0.156. The van der Waals surface area contributed by atoms with E-state index in [1.165, 1.54) is 0 Å². The zero-order chi connectivity index (χ0) is 14.4. The van der Waals surface area contributed by atoms with Crippen LogP contribution < -0.4 is 11.1 Å². The van der Waals surface area contributed by atoms with E-state index in [1.54, 1.807) is 24.5 Å². The number of carbonyl (C=O) groups excluding carboxylic acids is 1. The van der Waals surface area contributed by atoms with E-state index in [0.29, 0.717) is 12.1 Å². The Morgan fingerprint density at radius 3 is 2.70 bits per heavy atom. The normalized spacial score (nSPS) is 9.50. The third-order valence-electron chi connectivity index (χ3n) is 2.75. The number of benzene rings is 1. The van der Waals surface area contributed by atoms with Crippen molar-refractivity contribution in [1.82, 2.24) is 4.98 Å². The van der Waals surface area contributed by atoms with Gasteiger partial charge in [0, 0.05) is 29.2 Å². The number of nitrogens with zero attached hydrogens (tertiary/aromatic N) is 1. The third-order valence-corrected chi connectivity index (χ3v) is 2.75. The standard InChI is InChI=1S/C16H15N3O/c1-12-11-13(3-2-8-17)4-5-15(12)19-16(20)14-6-9-18-10-7-14/h4-7,9-11H,8,17H2,1H3,(H,19,20). The van der Waals surface area contributed by atoms with Gasteiger partial charge in [-0.05, 0) is 42.8 Å². The summed E-state index contributed by atoms with van der Waals surface area (Å²) in [5.41, 5.74) is 8.52. The number of nitrogens with two attached hydrogens (primary N) is 1. The summed E-state index contributed by atoms with van der Waals surface area (Å²) in [5, 5.41) is 2.87. The van der Waals surface area contributed by atoms with Gasteiger partial charge in [0.2, 0.25) is 0 Å². The Morgan fingerprint density at radius 2 is 2.05 bits per heavy atom. The second kappa shape index (κ2) is 6.50. The molecular formula is C16H15N3O. The molecule has 100 valence electrons. The lowest BCUT2D eigenvalue weighted by atomic mass is 10.1. The van der Waals surface area contributed by atoms with Crippen LogP contribution in [0.2, 0.25) is 0 Å². The first-order valence-electron chi connectivity index (χ1n) is 6.21. The van der Waals surface area contributed by atoms with Gasteiger partial charge in [0.15, 0.2) is 0 Å². The minimum absolute atomic E-state index is 0.156. The van der Waals surface area contributed by atoms with E-state index in [1.807, 2.05) is 25.1 Å². The van der Waals surface area contributed by atoms with Gasteiger partial charge in [-0.1, -0.05) is 11.8 Å². The Hall–Kier alpha value is -2.64. The van der Waals surface area contributed by atoms with Crippen LogP contribution in [0.15, 0.2) is 42.7 Å². The van der Waals surface area contributed by atoms with Crippen molar-refractivity contribution in [3.8, 4) is 11.8 Å². The van der Waals surface area contributed by atoms with Crippen LogP contribution in [0, 0.1) is 18.8 Å². The van der Waals surface area contributed by atoms with E-state index in [9.17, 15) is 4.79 Å². The highest BCUT2D eigenvalue weighted by Gasteiger charge is 2.07. The predicted molar refractivity (Wildman–Crippen MR) is 79.3 cm³/mol. The lowest BCUT2D eigenvalue weighted by Gasteiger charge is -2.08. The topological polar surface area (TPSA) is 68.0 Å². The van der Waals surface area contributed by atoms with Crippen molar-refractivity contribution in [2.75, 3.05) is 11.9 Å². The third kappa shape index (κ3) is 3.44. The molecule has 4 nitrogen and oxygen atoms in total. The molecule has 0 fully saturated rings. The number of rotatable bonds is 2. The number of pyridine rings is 1. The molecule has 1 aromatic carbocycles. The Bertz CT molecular complexity index is 669. The number of hydrogen-bond acceptors (Lipinski definition) is 3. The first-order valence-corrected chi connectivity index (χ1v) is 6.21. The number of hydrogen-bond donors (Lipinski definition) is 2. The summed E-state index contributed by atoms with van der Waals surface area (Å²) in [7, 11) is 0. The van der Waals surface area contributed by atoms with E-state index < -0.39 is 0 Å². The summed E-state index contributed by atoms with van der Waals surface area (Å²) in [5.74, 6) is 5.61. The zero-order valence-electron chi connectivity index (χ0n) is 11.2. The van der Waals surface area contributed by atoms with Crippen LogP contribution in [0.25, 0.3) is 0 Å². The second-order valence-corrected chi connectivity index (χ2v) is 4.23. The van der Waals surface area contributed by atoms with Crippen molar-refractivity contribution in [2.45, 2.75) is 6.92 Å². The van der Waals surface area contributed by atoms with Gasteiger partial charge in [0.05, 0.1) is 6.54 Å². The van der Waals surface area contributed by atoms with Crippen LogP contribution in [0.4, 0.5) is 5.69 Å². The van der Waals surface area contributed by atoms with E-state index in [2.05, 4.69) is 22.1 Å². The van der Waals surface area contributed by atoms with Crippen LogP contribution in [0.3, 0.4) is 0 Å². The highest BCUT2D eigenvalue weighted by molar-refractivity contribution is 6.04. The summed E-state index contributed by atoms with van der Waals surface area (Å²) in [6, 6.07) is 8.97. The van der Waals surface area contributed by atoms with Gasteiger partial charge >= 0.3 is 0 Å². The molecule has 3 N–H and O–H groups in total. The Kier molecular flexibility index (Phi) is 4.48. The summed E-state index contributed by atoms with van der Waals surface area (Å²) >= 11 is 0. The number of amides is 1. The Balaban J connectivity index is 2.16. The Labute approximate surface area is 118 Å². The molecule has 0 aliphatic rings. The zero-order valence-corrected chi connectivity index (χ0v) is 11.2. The number of anilines is 1. The predicted octanol–water partition coefficient (Wildman–Crippen LogP) is 1.95. The fourth-order valence-electron chi connectivity index (χ4n) is 1.73. The van der Waals surface area contributed by atoms with E-state index >= 15 is 0 Å². The first-order chi connectivity index (χ1) is 9.70. The molecule has 1 amide bonds. The van der Waals surface area contributed by atoms with Gasteiger partial charge in [-0.25, -0.2) is 0 Å². The molecule has 0 saturated carbocycles. The average molecular weight is 265 g/mol. The molecule has 20 heavy (non-hydrogen) atoms. The SMILES string of the molecule is Cc1cc(C#CCN)ccc1NC(=O)c1ccncc1. The van der Waals surface area contributed by atoms with Crippen molar-refractivity contribution < 1.29 is 4.79 Å². The van der Waals surface area contributed by atoms with Gasteiger partial charge in [0.1, 0.15) is 0 Å². The van der Waals surface area contributed by atoms with Gasteiger partial charge < -0.3 is 11.1 Å². The van der Waals surface area contributed by atoms with Crippen molar-refractivity contribution >= 4 is 11.6 Å². The minimum Gasteiger partial charge on any atom is -0.322 e. The Morgan fingerprint density at radius 1 is 1.30 bits per heavy atom. The van der Waals surface area contributed by atoms with Gasteiger partial charge in [-0.3, -0.25) is 9.78 Å². The molecule has 0 radical (unpaired) electrons. The summed E-state index contributed by atoms with van der Waals surface area (Å²) < 4.78 is 0. The van der Waals surface area contributed by atoms with Gasteiger partial charge in [-0.15, -0.1) is 0 Å². The molecule has 1 aromatic heterocycles. The van der Waals surface area contributed by atoms with Crippen LogP contribution in [-0.4, -0.2) is 17.4 Å². The highest BCUT2D eigenvalue weighted by atomic mass is 16.1. The number of aromatic nitrogens is 1. The van der Waals surface area contributed by atoms with Gasteiger partial charge in [-0.2, -0.15) is 0 Å². The lowest BCUT2D eigenvalue weighted by Crippen LogP contribution is -2.12.